The van der Waals surface area contributed by atoms with E-state index in [2.05, 4.69) is 11.9 Å². The Morgan fingerprint density at radius 1 is 1.27 bits per heavy atom. The maximum absolute atomic E-state index is 12.8. The van der Waals surface area contributed by atoms with Crippen molar-refractivity contribution in [2.24, 2.45) is 5.92 Å². The molecule has 0 bridgehead atoms. The van der Waals surface area contributed by atoms with Gasteiger partial charge in [0.2, 0.25) is 0 Å². The molecule has 1 heterocycles. The summed E-state index contributed by atoms with van der Waals surface area (Å²) in [7, 11) is 0. The standard InChI is InChI=1S/C18H23ClN2O/c1-2-21(12-13-6-4-3-5-7-13)18(22)17-11-14-10-15(19)8-9-16(14)20-17/h8-11,13,20H,2-7,12H2,1H3. The fraction of sp³-hybridized carbons (Fsp3) is 0.500. The molecule has 0 unspecified atom stereocenters. The van der Waals surface area contributed by atoms with E-state index in [0.29, 0.717) is 16.6 Å². The Balaban J connectivity index is 1.76. The Morgan fingerprint density at radius 2 is 2.05 bits per heavy atom. The van der Waals surface area contributed by atoms with Gasteiger partial charge >= 0.3 is 0 Å². The molecule has 0 atom stereocenters. The molecule has 1 aliphatic rings. The summed E-state index contributed by atoms with van der Waals surface area (Å²) >= 11 is 6.02. The first kappa shape index (κ1) is 15.4. The van der Waals surface area contributed by atoms with Crippen LogP contribution in [0.15, 0.2) is 24.3 Å². The van der Waals surface area contributed by atoms with E-state index in [1.165, 1.54) is 32.1 Å². The molecule has 1 fully saturated rings. The van der Waals surface area contributed by atoms with E-state index in [4.69, 9.17) is 11.6 Å². The van der Waals surface area contributed by atoms with Gasteiger partial charge in [-0.25, -0.2) is 0 Å². The molecule has 0 radical (unpaired) electrons. The lowest BCUT2D eigenvalue weighted by molar-refractivity contribution is 0.0719. The topological polar surface area (TPSA) is 36.1 Å². The van der Waals surface area contributed by atoms with Gasteiger partial charge in [-0.3, -0.25) is 4.79 Å². The number of benzene rings is 1. The number of fused-ring (bicyclic) bond motifs is 1. The molecule has 0 aliphatic heterocycles. The Morgan fingerprint density at radius 3 is 2.77 bits per heavy atom. The van der Waals surface area contributed by atoms with E-state index < -0.39 is 0 Å². The highest BCUT2D eigenvalue weighted by atomic mass is 35.5. The Labute approximate surface area is 136 Å². The molecule has 1 aliphatic carbocycles. The first-order valence-electron chi connectivity index (χ1n) is 8.25. The number of halogens is 1. The highest BCUT2D eigenvalue weighted by Crippen LogP contribution is 2.25. The zero-order valence-electron chi connectivity index (χ0n) is 13.1. The number of aromatic amines is 1. The van der Waals surface area contributed by atoms with E-state index >= 15 is 0 Å². The highest BCUT2D eigenvalue weighted by Gasteiger charge is 2.21. The number of hydrogen-bond donors (Lipinski definition) is 1. The van der Waals surface area contributed by atoms with Crippen molar-refractivity contribution in [3.8, 4) is 0 Å². The lowest BCUT2D eigenvalue weighted by Crippen LogP contribution is -2.36. The second kappa shape index (κ2) is 6.74. The largest absolute Gasteiger partial charge is 0.351 e. The molecule has 2 aromatic rings. The quantitative estimate of drug-likeness (QED) is 0.858. The SMILES string of the molecule is CCN(CC1CCCCC1)C(=O)c1cc2cc(Cl)ccc2[nH]1. The van der Waals surface area contributed by atoms with Gasteiger partial charge in [0.15, 0.2) is 0 Å². The number of nitrogens with zero attached hydrogens (tertiary/aromatic N) is 1. The minimum Gasteiger partial charge on any atom is -0.351 e. The summed E-state index contributed by atoms with van der Waals surface area (Å²) in [4.78, 5) is 18.0. The van der Waals surface area contributed by atoms with Crippen molar-refractivity contribution in [1.29, 1.82) is 0 Å². The van der Waals surface area contributed by atoms with Crippen LogP contribution >= 0.6 is 11.6 Å². The van der Waals surface area contributed by atoms with E-state index in [1.807, 2.05) is 29.2 Å². The first-order valence-corrected chi connectivity index (χ1v) is 8.62. The van der Waals surface area contributed by atoms with Crippen LogP contribution in [0.2, 0.25) is 5.02 Å². The normalized spacial score (nSPS) is 16.1. The van der Waals surface area contributed by atoms with Crippen molar-refractivity contribution >= 4 is 28.4 Å². The van der Waals surface area contributed by atoms with Crippen molar-refractivity contribution < 1.29 is 4.79 Å². The number of aromatic nitrogens is 1. The van der Waals surface area contributed by atoms with Crippen molar-refractivity contribution in [1.82, 2.24) is 9.88 Å². The Bertz CT molecular complexity index is 658. The zero-order chi connectivity index (χ0) is 15.5. The third-order valence-corrected chi connectivity index (χ3v) is 4.92. The molecule has 1 aromatic carbocycles. The Hall–Kier alpha value is -1.48. The summed E-state index contributed by atoms with van der Waals surface area (Å²) in [6.45, 7) is 3.69. The number of carbonyl (C=O) groups is 1. The molecule has 0 saturated heterocycles. The zero-order valence-corrected chi connectivity index (χ0v) is 13.8. The number of rotatable bonds is 4. The van der Waals surface area contributed by atoms with Crippen LogP contribution in [0.1, 0.15) is 49.5 Å². The second-order valence-electron chi connectivity index (χ2n) is 6.26. The molecule has 3 nitrogen and oxygen atoms in total. The molecule has 118 valence electrons. The molecular formula is C18H23ClN2O. The predicted molar refractivity (Wildman–Crippen MR) is 91.5 cm³/mol. The van der Waals surface area contributed by atoms with E-state index in [9.17, 15) is 4.79 Å². The second-order valence-corrected chi connectivity index (χ2v) is 6.70. The fourth-order valence-electron chi connectivity index (χ4n) is 3.43. The summed E-state index contributed by atoms with van der Waals surface area (Å²) in [5.74, 6) is 0.761. The maximum Gasteiger partial charge on any atom is 0.270 e. The molecule has 1 saturated carbocycles. The number of nitrogens with one attached hydrogen (secondary N) is 1. The van der Waals surface area contributed by atoms with E-state index in [0.717, 1.165) is 24.0 Å². The first-order chi connectivity index (χ1) is 10.7. The summed E-state index contributed by atoms with van der Waals surface area (Å²) in [6, 6.07) is 7.56. The maximum atomic E-state index is 12.8. The molecule has 22 heavy (non-hydrogen) atoms. The van der Waals surface area contributed by atoms with Crippen LogP contribution in [0.3, 0.4) is 0 Å². The van der Waals surface area contributed by atoms with Gasteiger partial charge in [0.25, 0.3) is 5.91 Å². The van der Waals surface area contributed by atoms with Crippen LogP contribution in [0.4, 0.5) is 0 Å². The number of hydrogen-bond acceptors (Lipinski definition) is 1. The van der Waals surface area contributed by atoms with Crippen LogP contribution in [0.5, 0.6) is 0 Å². The van der Waals surface area contributed by atoms with Gasteiger partial charge in [0.1, 0.15) is 5.69 Å². The third kappa shape index (κ3) is 3.30. The van der Waals surface area contributed by atoms with Crippen molar-refractivity contribution in [2.45, 2.75) is 39.0 Å². The van der Waals surface area contributed by atoms with Gasteiger partial charge in [-0.2, -0.15) is 0 Å². The average Bonchev–Trinajstić information content (AvgIpc) is 2.96. The minimum atomic E-state index is 0.0976. The molecule has 0 spiro atoms. The molecule has 4 heteroatoms. The molecule has 1 amide bonds. The van der Waals surface area contributed by atoms with Crippen LogP contribution < -0.4 is 0 Å². The number of amides is 1. The summed E-state index contributed by atoms with van der Waals surface area (Å²) < 4.78 is 0. The van der Waals surface area contributed by atoms with Gasteiger partial charge < -0.3 is 9.88 Å². The summed E-state index contributed by atoms with van der Waals surface area (Å²) in [5.41, 5.74) is 1.62. The van der Waals surface area contributed by atoms with Gasteiger partial charge in [-0.15, -0.1) is 0 Å². The molecular weight excluding hydrogens is 296 g/mol. The number of carbonyl (C=O) groups excluding carboxylic acids is 1. The highest BCUT2D eigenvalue weighted by molar-refractivity contribution is 6.31. The van der Waals surface area contributed by atoms with Crippen LogP contribution in [-0.2, 0) is 0 Å². The summed E-state index contributed by atoms with van der Waals surface area (Å²) in [6.07, 6.45) is 6.47. The molecule has 1 aromatic heterocycles. The Kier molecular flexibility index (Phi) is 4.72. The monoisotopic (exact) mass is 318 g/mol. The number of H-pyrrole nitrogens is 1. The fourth-order valence-corrected chi connectivity index (χ4v) is 3.61. The lowest BCUT2D eigenvalue weighted by atomic mass is 9.89. The van der Waals surface area contributed by atoms with E-state index in [1.54, 1.807) is 0 Å². The van der Waals surface area contributed by atoms with Gasteiger partial charge in [0, 0.05) is 29.0 Å². The van der Waals surface area contributed by atoms with Crippen molar-refractivity contribution in [3.05, 3.63) is 35.0 Å². The summed E-state index contributed by atoms with van der Waals surface area (Å²) in [5, 5.41) is 1.68. The van der Waals surface area contributed by atoms with Gasteiger partial charge in [0.05, 0.1) is 0 Å². The van der Waals surface area contributed by atoms with Crippen LogP contribution in [0, 0.1) is 5.92 Å². The van der Waals surface area contributed by atoms with Crippen molar-refractivity contribution in [2.75, 3.05) is 13.1 Å². The smallest absolute Gasteiger partial charge is 0.270 e. The molecule has 1 N–H and O–H groups in total. The lowest BCUT2D eigenvalue weighted by Gasteiger charge is -2.28. The third-order valence-electron chi connectivity index (χ3n) is 4.69. The van der Waals surface area contributed by atoms with Crippen LogP contribution in [-0.4, -0.2) is 28.9 Å². The van der Waals surface area contributed by atoms with E-state index in [-0.39, 0.29) is 5.91 Å². The minimum absolute atomic E-state index is 0.0976. The molecule has 3 rings (SSSR count). The van der Waals surface area contributed by atoms with Crippen molar-refractivity contribution in [3.63, 3.8) is 0 Å². The van der Waals surface area contributed by atoms with Crippen LogP contribution in [0.25, 0.3) is 10.9 Å². The van der Waals surface area contributed by atoms with Gasteiger partial charge in [-0.05, 0) is 49.9 Å². The average molecular weight is 319 g/mol. The predicted octanol–water partition coefficient (Wildman–Crippen LogP) is 4.86. The van der Waals surface area contributed by atoms with Gasteiger partial charge in [-0.1, -0.05) is 30.9 Å².